The molecule has 1 aliphatic heterocycles. The average molecular weight is 406 g/mol. The van der Waals surface area contributed by atoms with Gasteiger partial charge in [0, 0.05) is 39.2 Å². The topological polar surface area (TPSA) is 67.6 Å². The summed E-state index contributed by atoms with van der Waals surface area (Å²) in [4.78, 5) is 30.6. The quantitative estimate of drug-likeness (QED) is 0.538. The molecular formula is C23H23FN4O2. The maximum Gasteiger partial charge on any atom is 0.227 e. The normalized spacial score (nSPS) is 12.4. The van der Waals surface area contributed by atoms with Gasteiger partial charge in [-0.15, -0.1) is 0 Å². The van der Waals surface area contributed by atoms with Gasteiger partial charge in [-0.1, -0.05) is 12.1 Å². The Hall–Kier alpha value is -3.66. The van der Waals surface area contributed by atoms with E-state index in [-0.39, 0.29) is 35.9 Å². The van der Waals surface area contributed by atoms with Crippen molar-refractivity contribution in [1.29, 1.82) is 5.26 Å². The van der Waals surface area contributed by atoms with Crippen molar-refractivity contribution in [3.63, 3.8) is 0 Å². The largest absolute Gasteiger partial charge is 0.328 e. The zero-order valence-electron chi connectivity index (χ0n) is 17.2. The van der Waals surface area contributed by atoms with Crippen LogP contribution in [-0.2, 0) is 9.59 Å². The van der Waals surface area contributed by atoms with E-state index < -0.39 is 0 Å². The summed E-state index contributed by atoms with van der Waals surface area (Å²) in [5, 5.41) is 9.68. The maximum atomic E-state index is 13.2. The molecule has 2 aromatic rings. The van der Waals surface area contributed by atoms with Crippen molar-refractivity contribution in [3.8, 4) is 6.07 Å². The fourth-order valence-electron chi connectivity index (χ4n) is 3.66. The van der Waals surface area contributed by atoms with Crippen LogP contribution in [0.3, 0.4) is 0 Å². The molecule has 3 rings (SSSR count). The van der Waals surface area contributed by atoms with Gasteiger partial charge in [-0.05, 0) is 43.3 Å². The number of fused-ring (bicyclic) bond motifs is 1. The Labute approximate surface area is 175 Å². The van der Waals surface area contributed by atoms with E-state index in [1.165, 1.54) is 29.2 Å². The van der Waals surface area contributed by atoms with Gasteiger partial charge in [0.15, 0.2) is 5.78 Å². The van der Waals surface area contributed by atoms with Crippen molar-refractivity contribution in [2.24, 2.45) is 0 Å². The highest BCUT2D eigenvalue weighted by atomic mass is 19.1. The first kappa shape index (κ1) is 21.1. The van der Waals surface area contributed by atoms with Gasteiger partial charge in [-0.25, -0.2) is 4.39 Å². The van der Waals surface area contributed by atoms with E-state index in [0.717, 1.165) is 11.4 Å². The Kier molecular flexibility index (Phi) is 6.17. The van der Waals surface area contributed by atoms with Crippen LogP contribution >= 0.6 is 0 Å². The molecule has 2 aromatic carbocycles. The highest BCUT2D eigenvalue weighted by Gasteiger charge is 2.31. The number of ketones is 1. The number of para-hydroxylation sites is 2. The number of benzene rings is 2. The summed E-state index contributed by atoms with van der Waals surface area (Å²) in [6, 6.07) is 15.3. The third-order valence-corrected chi connectivity index (χ3v) is 5.18. The van der Waals surface area contributed by atoms with Crippen LogP contribution in [0.2, 0.25) is 0 Å². The number of Topliss-reactive ketones (excluding diaryl/α,β-unsaturated/α-hetero) is 1. The first-order valence-electron chi connectivity index (χ1n) is 9.69. The lowest BCUT2D eigenvalue weighted by Crippen LogP contribution is -2.31. The summed E-state index contributed by atoms with van der Waals surface area (Å²) in [5.74, 6) is -0.519. The molecule has 7 heteroatoms. The molecule has 154 valence electrons. The number of halogens is 1. The molecule has 0 radical (unpaired) electrons. The third-order valence-electron chi connectivity index (χ3n) is 5.18. The minimum atomic E-state index is -0.387. The number of allylic oxidation sites excluding steroid dienone is 1. The van der Waals surface area contributed by atoms with E-state index in [1.54, 1.807) is 14.1 Å². The van der Waals surface area contributed by atoms with E-state index in [9.17, 15) is 19.2 Å². The van der Waals surface area contributed by atoms with Gasteiger partial charge in [0.25, 0.3) is 0 Å². The number of nitriles is 1. The minimum Gasteiger partial charge on any atom is -0.328 e. The lowest BCUT2D eigenvalue weighted by atomic mass is 10.1. The summed E-state index contributed by atoms with van der Waals surface area (Å²) in [7, 11) is 3.61. The van der Waals surface area contributed by atoms with Crippen molar-refractivity contribution < 1.29 is 14.0 Å². The van der Waals surface area contributed by atoms with Gasteiger partial charge >= 0.3 is 0 Å². The van der Waals surface area contributed by atoms with E-state index in [0.29, 0.717) is 18.1 Å². The van der Waals surface area contributed by atoms with Gasteiger partial charge < -0.3 is 14.7 Å². The summed E-state index contributed by atoms with van der Waals surface area (Å²) >= 11 is 0. The summed E-state index contributed by atoms with van der Waals surface area (Å²) in [6.45, 7) is 2.21. The molecule has 0 spiro atoms. The van der Waals surface area contributed by atoms with Gasteiger partial charge in [0.2, 0.25) is 5.91 Å². The average Bonchev–Trinajstić information content (AvgIpc) is 3.00. The van der Waals surface area contributed by atoms with Crippen LogP contribution in [0.15, 0.2) is 59.9 Å². The molecule has 1 aliphatic rings. The zero-order valence-corrected chi connectivity index (χ0v) is 17.2. The predicted molar refractivity (Wildman–Crippen MR) is 115 cm³/mol. The molecule has 6 nitrogen and oxygen atoms in total. The molecule has 0 aliphatic carbocycles. The Morgan fingerprint density at radius 2 is 1.57 bits per heavy atom. The number of nitrogens with zero attached hydrogens (tertiary/aromatic N) is 4. The number of carbonyl (C=O) groups is 2. The summed E-state index contributed by atoms with van der Waals surface area (Å²) in [6.07, 6.45) is -0.121. The SMILES string of the molecule is CCN(C(=O)CCC(=O)C(C#N)=C1N(C)c2ccccc2N1C)c1ccc(F)cc1. The predicted octanol–water partition coefficient (Wildman–Crippen LogP) is 3.85. The van der Waals surface area contributed by atoms with E-state index in [2.05, 4.69) is 0 Å². The van der Waals surface area contributed by atoms with Gasteiger partial charge in [0.05, 0.1) is 11.4 Å². The summed E-state index contributed by atoms with van der Waals surface area (Å²) < 4.78 is 13.2. The molecule has 0 aromatic heterocycles. The molecule has 0 N–H and O–H groups in total. The van der Waals surface area contributed by atoms with Crippen molar-refractivity contribution >= 4 is 28.8 Å². The van der Waals surface area contributed by atoms with E-state index >= 15 is 0 Å². The zero-order chi connectivity index (χ0) is 21.8. The minimum absolute atomic E-state index is 0.0221. The van der Waals surface area contributed by atoms with Crippen molar-refractivity contribution in [2.45, 2.75) is 19.8 Å². The lowest BCUT2D eigenvalue weighted by Gasteiger charge is -2.22. The molecule has 0 saturated carbocycles. The maximum absolute atomic E-state index is 13.2. The van der Waals surface area contributed by atoms with Gasteiger partial charge in [-0.2, -0.15) is 5.26 Å². The van der Waals surface area contributed by atoms with E-state index in [1.807, 2.05) is 47.1 Å². The first-order valence-corrected chi connectivity index (χ1v) is 9.69. The van der Waals surface area contributed by atoms with Crippen molar-refractivity contribution in [3.05, 3.63) is 65.7 Å². The number of anilines is 3. The molecular weight excluding hydrogens is 383 g/mol. The molecule has 0 fully saturated rings. The second-order valence-electron chi connectivity index (χ2n) is 6.95. The van der Waals surface area contributed by atoms with Crippen molar-refractivity contribution in [1.82, 2.24) is 0 Å². The standard InChI is InChI=1S/C23H23FN4O2/c1-4-28(17-11-9-16(24)10-12-17)22(30)14-13-21(29)18(15-25)23-26(2)19-7-5-6-8-20(19)27(23)3/h5-12H,4,13-14H2,1-3H3. The molecule has 0 unspecified atom stereocenters. The highest BCUT2D eigenvalue weighted by molar-refractivity contribution is 6.05. The molecule has 1 heterocycles. The fourth-order valence-corrected chi connectivity index (χ4v) is 3.66. The molecule has 30 heavy (non-hydrogen) atoms. The number of rotatable bonds is 6. The van der Waals surface area contributed by atoms with E-state index in [4.69, 9.17) is 0 Å². The molecule has 1 amide bonds. The number of amides is 1. The Morgan fingerprint density at radius 3 is 2.07 bits per heavy atom. The number of hydrogen-bond acceptors (Lipinski definition) is 5. The molecule has 0 saturated heterocycles. The molecule has 0 bridgehead atoms. The monoisotopic (exact) mass is 406 g/mol. The Balaban J connectivity index is 1.76. The second-order valence-corrected chi connectivity index (χ2v) is 6.95. The number of hydrogen-bond donors (Lipinski definition) is 0. The fraction of sp³-hybridized carbons (Fsp3) is 0.261. The Morgan fingerprint density at radius 1 is 1.00 bits per heavy atom. The number of carbonyl (C=O) groups excluding carboxylic acids is 2. The Bertz CT molecular complexity index is 1010. The van der Waals surface area contributed by atoms with Crippen LogP contribution in [0, 0.1) is 17.1 Å². The smallest absolute Gasteiger partial charge is 0.227 e. The van der Waals surface area contributed by atoms with Crippen LogP contribution in [0.25, 0.3) is 0 Å². The second kappa shape index (κ2) is 8.78. The van der Waals surface area contributed by atoms with Crippen LogP contribution in [0.4, 0.5) is 21.5 Å². The highest BCUT2D eigenvalue weighted by Crippen LogP contribution is 2.40. The lowest BCUT2D eigenvalue weighted by molar-refractivity contribution is -0.122. The van der Waals surface area contributed by atoms with Crippen LogP contribution in [0.1, 0.15) is 19.8 Å². The molecule has 0 atom stereocenters. The van der Waals surface area contributed by atoms with Crippen LogP contribution in [-0.4, -0.2) is 32.3 Å². The summed E-state index contributed by atoms with van der Waals surface area (Å²) in [5.41, 5.74) is 2.40. The van der Waals surface area contributed by atoms with Crippen molar-refractivity contribution in [2.75, 3.05) is 35.3 Å². The van der Waals surface area contributed by atoms with Crippen LogP contribution < -0.4 is 14.7 Å². The van der Waals surface area contributed by atoms with Gasteiger partial charge in [-0.3, -0.25) is 9.59 Å². The van der Waals surface area contributed by atoms with Gasteiger partial charge in [0.1, 0.15) is 23.3 Å². The third kappa shape index (κ3) is 3.90. The van der Waals surface area contributed by atoms with Crippen LogP contribution in [0.5, 0.6) is 0 Å². The first-order chi connectivity index (χ1) is 14.4.